The molecule has 3 aromatic carbocycles. The van der Waals surface area contributed by atoms with E-state index in [4.69, 9.17) is 4.74 Å². The van der Waals surface area contributed by atoms with Crippen LogP contribution in [-0.4, -0.2) is 93.7 Å². The molecule has 1 unspecified atom stereocenters. The highest BCUT2D eigenvalue weighted by Gasteiger charge is 2.31. The fourth-order valence-corrected chi connectivity index (χ4v) is 8.14. The Morgan fingerprint density at radius 1 is 0.900 bits per heavy atom. The van der Waals surface area contributed by atoms with Crippen molar-refractivity contribution in [3.8, 4) is 22.5 Å². The minimum atomic E-state index is -0.965. The molecular formula is C45H58FN9O5. The lowest BCUT2D eigenvalue weighted by atomic mass is 9.81. The number of benzene rings is 3. The van der Waals surface area contributed by atoms with Crippen molar-refractivity contribution < 1.29 is 28.3 Å². The van der Waals surface area contributed by atoms with Gasteiger partial charge in [0, 0.05) is 42.2 Å². The van der Waals surface area contributed by atoms with Gasteiger partial charge in [-0.3, -0.25) is 14.4 Å². The molecule has 0 aliphatic heterocycles. The SMILES string of the molecule is Cc1cc(C(=O)NC2CCC(N(C)C)CC2)ccc1-c1ccc(CC(NC(=O)C2CCC(CNC(=O)OC(C)(C)C)CC2)C(=O)Nc2ccc(-c3nn[nH]n3)c(F)c2)cc1. The van der Waals surface area contributed by atoms with Crippen LogP contribution in [0.2, 0.25) is 0 Å². The van der Waals surface area contributed by atoms with Crippen LogP contribution in [0.5, 0.6) is 0 Å². The van der Waals surface area contributed by atoms with Crippen LogP contribution in [0.15, 0.2) is 60.7 Å². The number of ether oxygens (including phenoxy) is 1. The first kappa shape index (κ1) is 43.9. The maximum Gasteiger partial charge on any atom is 0.407 e. The molecule has 0 bridgehead atoms. The fourth-order valence-electron chi connectivity index (χ4n) is 8.14. The molecule has 320 valence electrons. The number of halogens is 1. The lowest BCUT2D eigenvalue weighted by Gasteiger charge is -2.33. The van der Waals surface area contributed by atoms with Crippen LogP contribution < -0.4 is 21.3 Å². The van der Waals surface area contributed by atoms with E-state index in [1.165, 1.54) is 12.1 Å². The molecule has 2 fully saturated rings. The number of tetrazole rings is 1. The number of amides is 4. The van der Waals surface area contributed by atoms with Gasteiger partial charge in [0.05, 0.1) is 5.56 Å². The average molecular weight is 824 g/mol. The summed E-state index contributed by atoms with van der Waals surface area (Å²) in [4.78, 5) is 55.2. The van der Waals surface area contributed by atoms with Crippen molar-refractivity contribution in [3.63, 3.8) is 0 Å². The third-order valence-electron chi connectivity index (χ3n) is 11.6. The molecule has 4 aromatic rings. The molecular weight excluding hydrogens is 766 g/mol. The van der Waals surface area contributed by atoms with Crippen LogP contribution in [0.3, 0.4) is 0 Å². The zero-order chi connectivity index (χ0) is 43.0. The first-order valence-corrected chi connectivity index (χ1v) is 20.9. The van der Waals surface area contributed by atoms with Crippen molar-refractivity contribution in [1.82, 2.24) is 41.5 Å². The number of aryl methyl sites for hydroxylation is 1. The predicted molar refractivity (Wildman–Crippen MR) is 227 cm³/mol. The number of carbonyl (C=O) groups excluding carboxylic acids is 4. The van der Waals surface area contributed by atoms with E-state index in [-0.39, 0.29) is 53.2 Å². The number of alkyl carbamates (subject to hydrolysis) is 1. The number of nitrogens with one attached hydrogen (secondary N) is 5. The van der Waals surface area contributed by atoms with Gasteiger partial charge in [-0.25, -0.2) is 9.18 Å². The number of nitrogens with zero attached hydrogens (tertiary/aromatic N) is 4. The van der Waals surface area contributed by atoms with Gasteiger partial charge in [0.25, 0.3) is 5.91 Å². The average Bonchev–Trinajstić information content (AvgIpc) is 3.75. The maximum atomic E-state index is 15.1. The van der Waals surface area contributed by atoms with Crippen molar-refractivity contribution in [1.29, 1.82) is 0 Å². The molecule has 14 nitrogen and oxygen atoms in total. The normalized spacial score (nSPS) is 19.9. The van der Waals surface area contributed by atoms with Crippen molar-refractivity contribution >= 4 is 29.5 Å². The summed E-state index contributed by atoms with van der Waals surface area (Å²) in [6.07, 6.45) is 6.49. The Labute approximate surface area is 351 Å². The summed E-state index contributed by atoms with van der Waals surface area (Å²) in [6, 6.07) is 17.5. The van der Waals surface area contributed by atoms with Gasteiger partial charge in [-0.05, 0) is 157 Å². The first-order valence-electron chi connectivity index (χ1n) is 20.9. The van der Waals surface area contributed by atoms with Gasteiger partial charge in [0.1, 0.15) is 17.5 Å². The summed E-state index contributed by atoms with van der Waals surface area (Å²) >= 11 is 0. The minimum Gasteiger partial charge on any atom is -0.444 e. The van der Waals surface area contributed by atoms with Crippen molar-refractivity contribution in [2.75, 3.05) is 26.0 Å². The van der Waals surface area contributed by atoms with Crippen LogP contribution in [-0.2, 0) is 20.7 Å². The summed E-state index contributed by atoms with van der Waals surface area (Å²) in [7, 11) is 4.21. The molecule has 2 aliphatic carbocycles. The third kappa shape index (κ3) is 12.0. The second-order valence-corrected chi connectivity index (χ2v) is 17.5. The number of hydrogen-bond acceptors (Lipinski definition) is 9. The predicted octanol–water partition coefficient (Wildman–Crippen LogP) is 6.58. The van der Waals surface area contributed by atoms with Gasteiger partial charge in [-0.15, -0.1) is 10.2 Å². The molecule has 0 spiro atoms. The second kappa shape index (κ2) is 19.6. The molecule has 0 radical (unpaired) electrons. The summed E-state index contributed by atoms with van der Waals surface area (Å²) < 4.78 is 20.4. The molecule has 6 rings (SSSR count). The molecule has 15 heteroatoms. The lowest BCUT2D eigenvalue weighted by molar-refractivity contribution is -0.130. The van der Waals surface area contributed by atoms with Crippen LogP contribution >= 0.6 is 0 Å². The van der Waals surface area contributed by atoms with Crippen LogP contribution in [0.1, 0.15) is 93.6 Å². The number of rotatable bonds is 13. The van der Waals surface area contributed by atoms with Crippen LogP contribution in [0.25, 0.3) is 22.5 Å². The minimum absolute atomic E-state index is 0.0615. The largest absolute Gasteiger partial charge is 0.444 e. The van der Waals surface area contributed by atoms with Crippen LogP contribution in [0.4, 0.5) is 14.9 Å². The number of aromatic nitrogens is 4. The molecule has 4 amide bonds. The molecule has 2 saturated carbocycles. The van der Waals surface area contributed by atoms with Gasteiger partial charge in [0.15, 0.2) is 0 Å². The number of aromatic amines is 1. The van der Waals surface area contributed by atoms with Gasteiger partial charge >= 0.3 is 6.09 Å². The molecule has 0 saturated heterocycles. The van der Waals surface area contributed by atoms with E-state index in [1.54, 1.807) is 6.07 Å². The van der Waals surface area contributed by atoms with E-state index in [2.05, 4.69) is 60.9 Å². The molecule has 1 heterocycles. The summed E-state index contributed by atoms with van der Waals surface area (Å²) in [5.74, 6) is -1.45. The lowest BCUT2D eigenvalue weighted by Crippen LogP contribution is -2.48. The monoisotopic (exact) mass is 823 g/mol. The van der Waals surface area contributed by atoms with Gasteiger partial charge in [-0.1, -0.05) is 30.3 Å². The molecule has 5 N–H and O–H groups in total. The van der Waals surface area contributed by atoms with Crippen molar-refractivity contribution in [2.45, 2.75) is 109 Å². The molecule has 2 aliphatic rings. The quantitative estimate of drug-likeness (QED) is 0.0995. The number of hydrogen-bond donors (Lipinski definition) is 5. The van der Waals surface area contributed by atoms with Crippen molar-refractivity contribution in [2.24, 2.45) is 11.8 Å². The highest BCUT2D eigenvalue weighted by Crippen LogP contribution is 2.30. The third-order valence-corrected chi connectivity index (χ3v) is 11.6. The Morgan fingerprint density at radius 3 is 2.22 bits per heavy atom. The summed E-state index contributed by atoms with van der Waals surface area (Å²) in [5.41, 5.74) is 4.07. The van der Waals surface area contributed by atoms with E-state index >= 15 is 4.39 Å². The highest BCUT2D eigenvalue weighted by molar-refractivity contribution is 5.98. The standard InChI is InChI=1S/C45H58FN9O5/c1-27-23-32(42(57)48-33-16-19-35(20-17-33)55(5)6)15-21-36(27)30-11-7-28(8-12-30)24-39(43(58)49-34-18-22-37(38(46)25-34)40-51-53-54-52-40)50-41(56)31-13-9-29(10-14-31)26-47-44(59)60-45(2,3)4/h7-8,11-12,15,18,21-23,25,29,31,33,35,39H,9-10,13-14,16-17,19-20,24,26H2,1-6H3,(H,47,59)(H,48,57)(H,49,58)(H,50,56)(H,51,52,53,54). The molecule has 60 heavy (non-hydrogen) atoms. The summed E-state index contributed by atoms with van der Waals surface area (Å²) in [6.45, 7) is 7.89. The first-order chi connectivity index (χ1) is 28.6. The fraction of sp³-hybridized carbons (Fsp3) is 0.489. The zero-order valence-electron chi connectivity index (χ0n) is 35.4. The number of carbonyl (C=O) groups is 4. The Balaban J connectivity index is 1.10. The highest BCUT2D eigenvalue weighted by atomic mass is 19.1. The van der Waals surface area contributed by atoms with E-state index < -0.39 is 29.5 Å². The van der Waals surface area contributed by atoms with E-state index in [9.17, 15) is 19.2 Å². The Morgan fingerprint density at radius 2 is 1.60 bits per heavy atom. The van der Waals surface area contributed by atoms with Crippen molar-refractivity contribution in [3.05, 3.63) is 83.2 Å². The Bertz CT molecular complexity index is 2100. The number of H-pyrrole nitrogens is 1. The van der Waals surface area contributed by atoms with E-state index in [0.717, 1.165) is 60.8 Å². The molecule has 1 atom stereocenters. The summed E-state index contributed by atoms with van der Waals surface area (Å²) in [5, 5.41) is 25.3. The van der Waals surface area contributed by atoms with E-state index in [1.807, 2.05) is 70.2 Å². The van der Waals surface area contributed by atoms with Gasteiger partial charge in [-0.2, -0.15) is 5.21 Å². The maximum absolute atomic E-state index is 15.1. The second-order valence-electron chi connectivity index (χ2n) is 17.5. The topological polar surface area (TPSA) is 183 Å². The van der Waals surface area contributed by atoms with Crippen LogP contribution in [0, 0.1) is 24.6 Å². The van der Waals surface area contributed by atoms with Gasteiger partial charge < -0.3 is 30.9 Å². The van der Waals surface area contributed by atoms with Gasteiger partial charge in [0.2, 0.25) is 17.6 Å². The smallest absolute Gasteiger partial charge is 0.407 e. The molecule has 1 aromatic heterocycles. The Kier molecular flexibility index (Phi) is 14.3. The zero-order valence-corrected chi connectivity index (χ0v) is 35.4. The Hall–Kier alpha value is -5.70. The number of anilines is 1. The van der Waals surface area contributed by atoms with E-state index in [0.29, 0.717) is 31.0 Å².